The van der Waals surface area contributed by atoms with Crippen molar-refractivity contribution in [2.24, 2.45) is 5.73 Å². The maximum Gasteiger partial charge on any atom is 0.490 e. The highest BCUT2D eigenvalue weighted by molar-refractivity contribution is 5.74. The molecule has 6 nitrogen and oxygen atoms in total. The second-order valence-corrected chi connectivity index (χ2v) is 2.35. The van der Waals surface area contributed by atoms with E-state index in [0.29, 0.717) is 0 Å². The fourth-order valence-corrected chi connectivity index (χ4v) is 0.499. The highest BCUT2D eigenvalue weighted by Crippen LogP contribution is 2.13. The van der Waals surface area contributed by atoms with E-state index in [1.54, 1.807) is 24.8 Å². The molecule has 0 radical (unpaired) electrons. The predicted molar refractivity (Wildman–Crippen MR) is 46.5 cm³/mol. The number of aliphatic carboxylic acids is 1. The summed E-state index contributed by atoms with van der Waals surface area (Å²) in [6, 6.07) is -0.482. The molecule has 9 heteroatoms. The van der Waals surface area contributed by atoms with Crippen molar-refractivity contribution in [1.82, 2.24) is 10.2 Å². The molecule has 0 saturated carbocycles. The minimum absolute atomic E-state index is 0.482. The molecule has 0 aliphatic carbocycles. The highest BCUT2D eigenvalue weighted by atomic mass is 19.4. The van der Waals surface area contributed by atoms with Crippen LogP contribution in [0.1, 0.15) is 0 Å². The second-order valence-electron chi connectivity index (χ2n) is 2.35. The number of hydrogen-bond acceptors (Lipinski definition) is 3. The quantitative estimate of drug-likeness (QED) is 0.575. The third-order valence-corrected chi connectivity index (χ3v) is 1.16. The number of alkyl halides is 3. The number of halogens is 3. The van der Waals surface area contributed by atoms with Gasteiger partial charge in [-0.15, -0.1) is 0 Å². The van der Waals surface area contributed by atoms with E-state index in [-0.39, 0.29) is 0 Å². The zero-order chi connectivity index (χ0) is 12.8. The van der Waals surface area contributed by atoms with Crippen LogP contribution in [0.4, 0.5) is 18.0 Å². The molecule has 0 spiro atoms. The van der Waals surface area contributed by atoms with Crippen LogP contribution in [-0.2, 0) is 4.79 Å². The standard InChI is InChI=1S/C5H7N3O.C2HF3O2/c6-5(9)8-3-1-7-2-4-8;3-2(4,5)1(6)7/h1-4,7H,(H2,6,9);(H,6,7). The van der Waals surface area contributed by atoms with Crippen molar-refractivity contribution in [2.75, 3.05) is 0 Å². The average molecular weight is 239 g/mol. The van der Waals surface area contributed by atoms with Crippen molar-refractivity contribution in [3.63, 3.8) is 0 Å². The second kappa shape index (κ2) is 5.63. The highest BCUT2D eigenvalue weighted by Gasteiger charge is 2.38. The molecule has 16 heavy (non-hydrogen) atoms. The van der Waals surface area contributed by atoms with Crippen LogP contribution in [0.3, 0.4) is 0 Å². The Bertz CT molecular complexity index is 313. The Balaban J connectivity index is 0.000000293. The van der Waals surface area contributed by atoms with Gasteiger partial charge in [0.1, 0.15) is 0 Å². The van der Waals surface area contributed by atoms with Crippen LogP contribution in [0.15, 0.2) is 24.8 Å². The summed E-state index contributed by atoms with van der Waals surface area (Å²) >= 11 is 0. The smallest absolute Gasteiger partial charge is 0.475 e. The minimum Gasteiger partial charge on any atom is -0.475 e. The van der Waals surface area contributed by atoms with Crippen LogP contribution in [0.25, 0.3) is 0 Å². The Hall–Kier alpha value is -2.19. The zero-order valence-corrected chi connectivity index (χ0v) is 7.73. The fourth-order valence-electron chi connectivity index (χ4n) is 0.499. The Morgan fingerprint density at radius 2 is 1.62 bits per heavy atom. The number of carboxylic acid groups (broad SMARTS) is 1. The van der Waals surface area contributed by atoms with Gasteiger partial charge < -0.3 is 16.2 Å². The molecule has 0 aromatic heterocycles. The third kappa shape index (κ3) is 5.52. The molecule has 4 N–H and O–H groups in total. The first-order chi connectivity index (χ1) is 7.25. The summed E-state index contributed by atoms with van der Waals surface area (Å²) in [5.41, 5.74) is 4.92. The van der Waals surface area contributed by atoms with Gasteiger partial charge in [-0.25, -0.2) is 9.59 Å². The molecule has 0 aromatic carbocycles. The van der Waals surface area contributed by atoms with Crippen LogP contribution in [0, 0.1) is 0 Å². The Kier molecular flexibility index (Phi) is 4.86. The molecule has 1 rings (SSSR count). The summed E-state index contributed by atoms with van der Waals surface area (Å²) in [5.74, 6) is -2.76. The van der Waals surface area contributed by atoms with Crippen molar-refractivity contribution in [3.05, 3.63) is 24.8 Å². The zero-order valence-electron chi connectivity index (χ0n) is 7.73. The van der Waals surface area contributed by atoms with Crippen molar-refractivity contribution in [3.8, 4) is 0 Å². The van der Waals surface area contributed by atoms with Gasteiger partial charge >= 0.3 is 18.2 Å². The topological polar surface area (TPSA) is 95.7 Å². The van der Waals surface area contributed by atoms with Crippen molar-refractivity contribution < 1.29 is 27.9 Å². The van der Waals surface area contributed by atoms with Crippen molar-refractivity contribution in [1.29, 1.82) is 0 Å². The van der Waals surface area contributed by atoms with Gasteiger partial charge in [0.15, 0.2) is 0 Å². The molecule has 90 valence electrons. The summed E-state index contributed by atoms with van der Waals surface area (Å²) in [7, 11) is 0. The Labute approximate surface area is 87.8 Å². The lowest BCUT2D eigenvalue weighted by molar-refractivity contribution is -0.192. The van der Waals surface area contributed by atoms with E-state index in [9.17, 15) is 18.0 Å². The van der Waals surface area contributed by atoms with Gasteiger partial charge in [-0.2, -0.15) is 13.2 Å². The number of rotatable bonds is 0. The summed E-state index contributed by atoms with van der Waals surface area (Å²) in [6.07, 6.45) is 1.24. The number of amides is 2. The van der Waals surface area contributed by atoms with E-state index >= 15 is 0 Å². The number of nitrogens with zero attached hydrogens (tertiary/aromatic N) is 1. The minimum atomic E-state index is -5.08. The lowest BCUT2D eigenvalue weighted by Gasteiger charge is -2.11. The molecule has 1 heterocycles. The van der Waals surface area contributed by atoms with E-state index < -0.39 is 18.2 Å². The summed E-state index contributed by atoms with van der Waals surface area (Å²) in [6.45, 7) is 0. The Morgan fingerprint density at radius 1 is 1.25 bits per heavy atom. The lowest BCUT2D eigenvalue weighted by Crippen LogP contribution is -2.28. The van der Waals surface area contributed by atoms with Crippen molar-refractivity contribution in [2.45, 2.75) is 6.18 Å². The third-order valence-electron chi connectivity index (χ3n) is 1.16. The van der Waals surface area contributed by atoms with Crippen LogP contribution >= 0.6 is 0 Å². The average Bonchev–Trinajstić information content (AvgIpc) is 2.18. The van der Waals surface area contributed by atoms with Gasteiger partial charge in [0, 0.05) is 24.8 Å². The number of carbonyl (C=O) groups excluding carboxylic acids is 1. The van der Waals surface area contributed by atoms with Crippen LogP contribution in [0.2, 0.25) is 0 Å². The van der Waals surface area contributed by atoms with E-state index in [0.717, 1.165) is 0 Å². The number of nitrogens with two attached hydrogens (primary N) is 1. The molecule has 0 fully saturated rings. The molecule has 0 aromatic rings. The normalized spacial score (nSPS) is 13.6. The number of urea groups is 1. The molecule has 0 bridgehead atoms. The maximum atomic E-state index is 10.6. The molecule has 0 unspecified atom stereocenters. The van der Waals surface area contributed by atoms with E-state index in [1.165, 1.54) is 4.90 Å². The van der Waals surface area contributed by atoms with Gasteiger partial charge in [0.25, 0.3) is 0 Å². The van der Waals surface area contributed by atoms with Gasteiger partial charge in [0.05, 0.1) is 0 Å². The summed E-state index contributed by atoms with van der Waals surface area (Å²) < 4.78 is 31.7. The van der Waals surface area contributed by atoms with Gasteiger partial charge in [-0.3, -0.25) is 4.90 Å². The van der Waals surface area contributed by atoms with Crippen LogP contribution in [0.5, 0.6) is 0 Å². The van der Waals surface area contributed by atoms with Gasteiger partial charge in [-0.1, -0.05) is 0 Å². The number of carboxylic acids is 1. The predicted octanol–water partition coefficient (Wildman–Crippen LogP) is 0.546. The van der Waals surface area contributed by atoms with Gasteiger partial charge in [-0.05, 0) is 0 Å². The lowest BCUT2D eigenvalue weighted by atomic mass is 10.6. The van der Waals surface area contributed by atoms with Gasteiger partial charge in [0.2, 0.25) is 0 Å². The molecular formula is C7H8F3N3O3. The number of hydrogen-bond donors (Lipinski definition) is 3. The molecule has 0 saturated heterocycles. The summed E-state index contributed by atoms with van der Waals surface area (Å²) in [4.78, 5) is 20.5. The van der Waals surface area contributed by atoms with Crippen molar-refractivity contribution >= 4 is 12.0 Å². The molecule has 1 aliphatic heterocycles. The van der Waals surface area contributed by atoms with Crippen LogP contribution in [-0.4, -0.2) is 28.2 Å². The van der Waals surface area contributed by atoms with E-state index in [2.05, 4.69) is 5.32 Å². The summed E-state index contributed by atoms with van der Waals surface area (Å²) in [5, 5.41) is 9.88. The Morgan fingerprint density at radius 3 is 1.81 bits per heavy atom. The maximum absolute atomic E-state index is 10.6. The van der Waals surface area contributed by atoms with Crippen LogP contribution < -0.4 is 11.1 Å². The number of primary amides is 1. The SMILES string of the molecule is NC(=O)N1C=CNC=C1.O=C(O)C(F)(F)F. The number of carbonyl (C=O) groups is 2. The molecular weight excluding hydrogens is 231 g/mol. The first-order valence-corrected chi connectivity index (χ1v) is 3.72. The van der Waals surface area contributed by atoms with E-state index in [1.807, 2.05) is 0 Å². The molecule has 0 atom stereocenters. The fraction of sp³-hybridized carbons (Fsp3) is 0.143. The monoisotopic (exact) mass is 239 g/mol. The van der Waals surface area contributed by atoms with E-state index in [4.69, 9.17) is 15.6 Å². The first kappa shape index (κ1) is 13.8. The number of nitrogens with one attached hydrogen (secondary N) is 1. The first-order valence-electron chi connectivity index (χ1n) is 3.72. The molecule has 2 amide bonds. The molecule has 1 aliphatic rings. The largest absolute Gasteiger partial charge is 0.490 e.